The molecule has 1 aromatic carbocycles. The van der Waals surface area contributed by atoms with E-state index in [2.05, 4.69) is 0 Å². The van der Waals surface area contributed by atoms with Crippen molar-refractivity contribution in [3.05, 3.63) is 29.3 Å². The lowest BCUT2D eigenvalue weighted by molar-refractivity contribution is -0.144. The predicted octanol–water partition coefficient (Wildman–Crippen LogP) is 1.09. The van der Waals surface area contributed by atoms with Gasteiger partial charge in [0.2, 0.25) is 0 Å². The molecule has 0 fully saturated rings. The van der Waals surface area contributed by atoms with E-state index in [0.29, 0.717) is 5.75 Å². The summed E-state index contributed by atoms with van der Waals surface area (Å²) in [4.78, 5) is 10.9. The summed E-state index contributed by atoms with van der Waals surface area (Å²) in [7, 11) is 0. The highest BCUT2D eigenvalue weighted by atomic mass is 16.5. The second kappa shape index (κ2) is 3.55. The van der Waals surface area contributed by atoms with Crippen LogP contribution in [0.4, 0.5) is 0 Å². The van der Waals surface area contributed by atoms with Gasteiger partial charge in [0.05, 0.1) is 0 Å². The van der Waals surface area contributed by atoms with Crippen LogP contribution in [0.25, 0.3) is 0 Å². The van der Waals surface area contributed by atoms with Crippen LogP contribution < -0.4 is 10.5 Å². The Kier molecular flexibility index (Phi) is 2.36. The summed E-state index contributed by atoms with van der Waals surface area (Å²) < 4.78 is 5.36. The third-order valence-corrected chi connectivity index (χ3v) is 2.69. The van der Waals surface area contributed by atoms with Gasteiger partial charge in [-0.05, 0) is 13.0 Å². The topological polar surface area (TPSA) is 72.6 Å². The van der Waals surface area contributed by atoms with Gasteiger partial charge in [0, 0.05) is 11.6 Å². The van der Waals surface area contributed by atoms with Crippen LogP contribution in [0.3, 0.4) is 0 Å². The maximum atomic E-state index is 10.9. The van der Waals surface area contributed by atoms with Crippen molar-refractivity contribution in [2.45, 2.75) is 13.0 Å². The zero-order valence-corrected chi connectivity index (χ0v) is 8.43. The summed E-state index contributed by atoms with van der Waals surface area (Å²) in [6.45, 7) is 2.09. The number of nitrogens with two attached hydrogens (primary N) is 1. The monoisotopic (exact) mass is 207 g/mol. The smallest absolute Gasteiger partial charge is 0.311 e. The Morgan fingerprint density at radius 2 is 2.33 bits per heavy atom. The first-order chi connectivity index (χ1) is 7.09. The maximum Gasteiger partial charge on any atom is 0.311 e. The molecule has 0 bridgehead atoms. The molecule has 1 aliphatic heterocycles. The van der Waals surface area contributed by atoms with Crippen LogP contribution in [0.5, 0.6) is 5.75 Å². The third kappa shape index (κ3) is 1.68. The van der Waals surface area contributed by atoms with Gasteiger partial charge in [-0.15, -0.1) is 0 Å². The standard InChI is InChI=1S/C11H13NO3/c1-6-2-3-9-7(4-6)10(12)8(5-15-9)11(13)14/h2-4,8,10H,5,12H2,1H3,(H,13,14). The molecule has 1 aliphatic rings. The van der Waals surface area contributed by atoms with Crippen molar-refractivity contribution in [2.75, 3.05) is 6.61 Å². The predicted molar refractivity (Wildman–Crippen MR) is 54.7 cm³/mol. The summed E-state index contributed by atoms with van der Waals surface area (Å²) in [5, 5.41) is 8.94. The van der Waals surface area contributed by atoms with Crippen molar-refractivity contribution >= 4 is 5.97 Å². The zero-order chi connectivity index (χ0) is 11.0. The molecule has 4 nitrogen and oxygen atoms in total. The molecular weight excluding hydrogens is 194 g/mol. The number of ether oxygens (including phenoxy) is 1. The van der Waals surface area contributed by atoms with Crippen LogP contribution >= 0.6 is 0 Å². The van der Waals surface area contributed by atoms with E-state index in [4.69, 9.17) is 15.6 Å². The van der Waals surface area contributed by atoms with Crippen LogP contribution in [0.15, 0.2) is 18.2 Å². The number of fused-ring (bicyclic) bond motifs is 1. The van der Waals surface area contributed by atoms with Gasteiger partial charge < -0.3 is 15.6 Å². The van der Waals surface area contributed by atoms with Crippen LogP contribution in [-0.4, -0.2) is 17.7 Å². The van der Waals surface area contributed by atoms with E-state index in [9.17, 15) is 4.79 Å². The van der Waals surface area contributed by atoms with Crippen LogP contribution in [0.2, 0.25) is 0 Å². The molecule has 3 N–H and O–H groups in total. The number of hydrogen-bond donors (Lipinski definition) is 2. The van der Waals surface area contributed by atoms with Gasteiger partial charge >= 0.3 is 5.97 Å². The lowest BCUT2D eigenvalue weighted by atomic mass is 9.90. The normalized spacial score (nSPS) is 24.1. The van der Waals surface area contributed by atoms with Crippen molar-refractivity contribution in [1.82, 2.24) is 0 Å². The average molecular weight is 207 g/mol. The van der Waals surface area contributed by atoms with E-state index in [1.165, 1.54) is 0 Å². The van der Waals surface area contributed by atoms with Crippen molar-refractivity contribution in [3.8, 4) is 5.75 Å². The molecule has 0 spiro atoms. The fraction of sp³-hybridized carbons (Fsp3) is 0.364. The molecule has 1 aromatic rings. The Morgan fingerprint density at radius 1 is 1.60 bits per heavy atom. The SMILES string of the molecule is Cc1ccc2c(c1)C(N)C(C(=O)O)CO2. The number of carboxylic acid groups (broad SMARTS) is 1. The molecule has 0 amide bonds. The lowest BCUT2D eigenvalue weighted by Gasteiger charge is -2.28. The second-order valence-corrected chi connectivity index (χ2v) is 3.82. The van der Waals surface area contributed by atoms with E-state index < -0.39 is 17.9 Å². The van der Waals surface area contributed by atoms with E-state index >= 15 is 0 Å². The summed E-state index contributed by atoms with van der Waals surface area (Å²) >= 11 is 0. The molecule has 80 valence electrons. The minimum absolute atomic E-state index is 0.145. The summed E-state index contributed by atoms with van der Waals surface area (Å²) in [5.41, 5.74) is 7.74. The molecule has 0 saturated carbocycles. The highest BCUT2D eigenvalue weighted by Crippen LogP contribution is 2.34. The fourth-order valence-corrected chi connectivity index (χ4v) is 1.78. The number of carbonyl (C=O) groups is 1. The molecule has 0 saturated heterocycles. The van der Waals surface area contributed by atoms with E-state index in [1.54, 1.807) is 0 Å². The average Bonchev–Trinajstić information content (AvgIpc) is 2.19. The molecule has 0 aliphatic carbocycles. The quantitative estimate of drug-likeness (QED) is 0.723. The molecule has 4 heteroatoms. The van der Waals surface area contributed by atoms with Gasteiger partial charge in [0.25, 0.3) is 0 Å². The van der Waals surface area contributed by atoms with Crippen molar-refractivity contribution < 1.29 is 14.6 Å². The number of aliphatic carboxylic acids is 1. The summed E-state index contributed by atoms with van der Waals surface area (Å²) in [6, 6.07) is 5.16. The first-order valence-corrected chi connectivity index (χ1v) is 4.81. The van der Waals surface area contributed by atoms with Gasteiger partial charge in [-0.3, -0.25) is 4.79 Å². The van der Waals surface area contributed by atoms with E-state index in [1.807, 2.05) is 25.1 Å². The molecule has 15 heavy (non-hydrogen) atoms. The van der Waals surface area contributed by atoms with Crippen molar-refractivity contribution in [3.63, 3.8) is 0 Å². The molecule has 1 heterocycles. The van der Waals surface area contributed by atoms with Crippen LogP contribution in [-0.2, 0) is 4.79 Å². The molecule has 2 atom stereocenters. The van der Waals surface area contributed by atoms with Gasteiger partial charge in [-0.25, -0.2) is 0 Å². The van der Waals surface area contributed by atoms with Gasteiger partial charge in [0.15, 0.2) is 0 Å². The van der Waals surface area contributed by atoms with Crippen molar-refractivity contribution in [2.24, 2.45) is 11.7 Å². The van der Waals surface area contributed by atoms with E-state index in [0.717, 1.165) is 11.1 Å². The van der Waals surface area contributed by atoms with Crippen LogP contribution in [0, 0.1) is 12.8 Å². The third-order valence-electron chi connectivity index (χ3n) is 2.69. The van der Waals surface area contributed by atoms with Crippen LogP contribution in [0.1, 0.15) is 17.2 Å². The fourth-order valence-electron chi connectivity index (χ4n) is 1.78. The molecule has 2 rings (SSSR count). The molecular formula is C11H13NO3. The first-order valence-electron chi connectivity index (χ1n) is 4.81. The van der Waals surface area contributed by atoms with Gasteiger partial charge in [-0.1, -0.05) is 17.7 Å². The highest BCUT2D eigenvalue weighted by Gasteiger charge is 2.33. The Labute approximate surface area is 87.7 Å². The highest BCUT2D eigenvalue weighted by molar-refractivity contribution is 5.72. The molecule has 0 radical (unpaired) electrons. The Morgan fingerprint density at radius 3 is 3.00 bits per heavy atom. The summed E-state index contributed by atoms with van der Waals surface area (Å²) in [5.74, 6) is -0.862. The number of carboxylic acids is 1. The van der Waals surface area contributed by atoms with Gasteiger partial charge in [0.1, 0.15) is 18.3 Å². The number of rotatable bonds is 1. The Bertz CT molecular complexity index is 403. The van der Waals surface area contributed by atoms with Crippen molar-refractivity contribution in [1.29, 1.82) is 0 Å². The zero-order valence-electron chi connectivity index (χ0n) is 8.43. The minimum atomic E-state index is -0.908. The maximum absolute atomic E-state index is 10.9. The van der Waals surface area contributed by atoms with Gasteiger partial charge in [-0.2, -0.15) is 0 Å². The number of hydrogen-bond acceptors (Lipinski definition) is 3. The number of benzene rings is 1. The number of aryl methyl sites for hydroxylation is 1. The first kappa shape index (κ1) is 9.98. The van der Waals surface area contributed by atoms with E-state index in [-0.39, 0.29) is 6.61 Å². The Balaban J connectivity index is 2.40. The second-order valence-electron chi connectivity index (χ2n) is 3.82. The molecule has 2 unspecified atom stereocenters. The molecule has 0 aromatic heterocycles. The minimum Gasteiger partial charge on any atom is -0.492 e. The summed E-state index contributed by atoms with van der Waals surface area (Å²) in [6.07, 6.45) is 0. The largest absolute Gasteiger partial charge is 0.492 e. The Hall–Kier alpha value is -1.55. The lowest BCUT2D eigenvalue weighted by Crippen LogP contribution is -2.36.